The number of hydrogen-bond acceptors (Lipinski definition) is 3. The van der Waals surface area contributed by atoms with Crippen LogP contribution >= 0.6 is 11.6 Å². The maximum absolute atomic E-state index is 6.18. The molecular formula is C15H13ClN4. The lowest BCUT2D eigenvalue weighted by Crippen LogP contribution is -2.13. The highest BCUT2D eigenvalue weighted by atomic mass is 35.5. The predicted octanol–water partition coefficient (Wildman–Crippen LogP) is 3.17. The Labute approximate surface area is 121 Å². The van der Waals surface area contributed by atoms with Gasteiger partial charge >= 0.3 is 0 Å². The molecule has 100 valence electrons. The summed E-state index contributed by atoms with van der Waals surface area (Å²) in [4.78, 5) is 4.45. The fourth-order valence-corrected chi connectivity index (χ4v) is 2.08. The number of nitrogens with zero attached hydrogens (tertiary/aromatic N) is 2. The second kappa shape index (κ2) is 5.45. The van der Waals surface area contributed by atoms with E-state index in [2.05, 4.69) is 15.2 Å². The van der Waals surface area contributed by atoms with Crippen molar-refractivity contribution in [2.24, 2.45) is 5.73 Å². The molecule has 20 heavy (non-hydrogen) atoms. The van der Waals surface area contributed by atoms with Crippen molar-refractivity contribution >= 4 is 11.6 Å². The van der Waals surface area contributed by atoms with Gasteiger partial charge in [-0.1, -0.05) is 54.1 Å². The third-order valence-electron chi connectivity index (χ3n) is 3.06. The lowest BCUT2D eigenvalue weighted by atomic mass is 10.1. The number of halogens is 1. The Morgan fingerprint density at radius 3 is 2.40 bits per heavy atom. The topological polar surface area (TPSA) is 67.6 Å². The molecule has 1 atom stereocenters. The average molecular weight is 285 g/mol. The third kappa shape index (κ3) is 2.57. The van der Waals surface area contributed by atoms with Gasteiger partial charge in [0.15, 0.2) is 5.82 Å². The molecule has 4 nitrogen and oxygen atoms in total. The van der Waals surface area contributed by atoms with Crippen LogP contribution in [0.5, 0.6) is 0 Å². The van der Waals surface area contributed by atoms with Crippen molar-refractivity contribution in [3.8, 4) is 11.4 Å². The molecule has 0 bridgehead atoms. The Kier molecular flexibility index (Phi) is 3.50. The summed E-state index contributed by atoms with van der Waals surface area (Å²) in [7, 11) is 0. The van der Waals surface area contributed by atoms with Crippen molar-refractivity contribution in [1.29, 1.82) is 0 Å². The van der Waals surface area contributed by atoms with E-state index in [0.29, 0.717) is 16.7 Å². The van der Waals surface area contributed by atoms with E-state index < -0.39 is 0 Å². The first-order valence-electron chi connectivity index (χ1n) is 6.23. The summed E-state index contributed by atoms with van der Waals surface area (Å²) in [5, 5.41) is 7.79. The number of nitrogens with one attached hydrogen (secondary N) is 1. The van der Waals surface area contributed by atoms with Gasteiger partial charge in [-0.3, -0.25) is 5.10 Å². The molecule has 3 aromatic rings. The Morgan fingerprint density at radius 1 is 1.00 bits per heavy atom. The summed E-state index contributed by atoms with van der Waals surface area (Å²) in [5.41, 5.74) is 8.07. The summed E-state index contributed by atoms with van der Waals surface area (Å²) >= 11 is 5.87. The number of nitrogens with two attached hydrogens (primary N) is 1. The van der Waals surface area contributed by atoms with Gasteiger partial charge in [-0.2, -0.15) is 5.10 Å². The lowest BCUT2D eigenvalue weighted by molar-refractivity contribution is 0.787. The van der Waals surface area contributed by atoms with Crippen LogP contribution in [0.1, 0.15) is 17.4 Å². The predicted molar refractivity (Wildman–Crippen MR) is 79.3 cm³/mol. The third-order valence-corrected chi connectivity index (χ3v) is 3.31. The smallest absolute Gasteiger partial charge is 0.181 e. The molecule has 0 unspecified atom stereocenters. The van der Waals surface area contributed by atoms with Crippen molar-refractivity contribution in [3.05, 3.63) is 71.0 Å². The van der Waals surface area contributed by atoms with Gasteiger partial charge in [0.05, 0.1) is 6.04 Å². The maximum Gasteiger partial charge on any atom is 0.181 e. The van der Waals surface area contributed by atoms with Crippen LogP contribution < -0.4 is 5.73 Å². The van der Waals surface area contributed by atoms with E-state index in [1.807, 2.05) is 54.6 Å². The van der Waals surface area contributed by atoms with Crippen molar-refractivity contribution in [2.45, 2.75) is 6.04 Å². The number of aromatic nitrogens is 3. The first kappa shape index (κ1) is 12.8. The molecule has 0 fully saturated rings. The molecular weight excluding hydrogens is 272 g/mol. The second-order valence-corrected chi connectivity index (χ2v) is 4.88. The number of benzene rings is 2. The van der Waals surface area contributed by atoms with E-state index in [4.69, 9.17) is 17.3 Å². The van der Waals surface area contributed by atoms with Crippen LogP contribution in [0.2, 0.25) is 5.02 Å². The molecule has 0 saturated heterocycles. The summed E-state index contributed by atoms with van der Waals surface area (Å²) in [5.74, 6) is 1.27. The van der Waals surface area contributed by atoms with Crippen molar-refractivity contribution < 1.29 is 0 Å². The standard InChI is InChI=1S/C15H13ClN4/c16-12-8-6-10(7-9-12)13(17)15-18-14(19-20-15)11-4-2-1-3-5-11/h1-9,13H,17H2,(H,18,19,20)/t13-/m1/s1. The Hall–Kier alpha value is -2.17. The SMILES string of the molecule is N[C@H](c1ccc(Cl)cc1)c1nc(-c2ccccc2)n[nH]1. The maximum atomic E-state index is 6.18. The average Bonchev–Trinajstić information content (AvgIpc) is 2.98. The molecule has 0 amide bonds. The van der Waals surface area contributed by atoms with Crippen LogP contribution in [0.15, 0.2) is 54.6 Å². The van der Waals surface area contributed by atoms with Gasteiger partial charge < -0.3 is 5.73 Å². The molecule has 2 aromatic carbocycles. The number of H-pyrrole nitrogens is 1. The van der Waals surface area contributed by atoms with Gasteiger partial charge in [0.1, 0.15) is 5.82 Å². The second-order valence-electron chi connectivity index (χ2n) is 4.44. The van der Waals surface area contributed by atoms with Crippen molar-refractivity contribution in [2.75, 3.05) is 0 Å². The van der Waals surface area contributed by atoms with Crippen LogP contribution in [0, 0.1) is 0 Å². The fraction of sp³-hybridized carbons (Fsp3) is 0.0667. The molecule has 0 aliphatic carbocycles. The van der Waals surface area contributed by atoms with Crippen LogP contribution in [0.25, 0.3) is 11.4 Å². The molecule has 0 saturated carbocycles. The minimum atomic E-state index is -0.350. The van der Waals surface area contributed by atoms with Crippen molar-refractivity contribution in [1.82, 2.24) is 15.2 Å². The number of aromatic amines is 1. The Balaban J connectivity index is 1.88. The van der Waals surface area contributed by atoms with Gasteiger partial charge in [0.2, 0.25) is 0 Å². The summed E-state index contributed by atoms with van der Waals surface area (Å²) in [6, 6.07) is 16.8. The van der Waals surface area contributed by atoms with Gasteiger partial charge in [0.25, 0.3) is 0 Å². The molecule has 1 heterocycles. The van der Waals surface area contributed by atoms with Crippen LogP contribution in [-0.4, -0.2) is 15.2 Å². The molecule has 0 aliphatic heterocycles. The van der Waals surface area contributed by atoms with E-state index >= 15 is 0 Å². The summed E-state index contributed by atoms with van der Waals surface area (Å²) in [6.07, 6.45) is 0. The van der Waals surface area contributed by atoms with E-state index in [0.717, 1.165) is 11.1 Å². The van der Waals surface area contributed by atoms with Gasteiger partial charge in [-0.25, -0.2) is 4.98 Å². The minimum absolute atomic E-state index is 0.350. The zero-order valence-corrected chi connectivity index (χ0v) is 11.4. The number of rotatable bonds is 3. The Bertz CT molecular complexity index is 691. The molecule has 0 spiro atoms. The molecule has 0 aliphatic rings. The molecule has 3 N–H and O–H groups in total. The summed E-state index contributed by atoms with van der Waals surface area (Å²) < 4.78 is 0. The number of hydrogen-bond donors (Lipinski definition) is 2. The molecule has 1 aromatic heterocycles. The highest BCUT2D eigenvalue weighted by Crippen LogP contribution is 2.21. The minimum Gasteiger partial charge on any atom is -0.318 e. The van der Waals surface area contributed by atoms with E-state index in [1.165, 1.54) is 0 Å². The molecule has 0 radical (unpaired) electrons. The summed E-state index contributed by atoms with van der Waals surface area (Å²) in [6.45, 7) is 0. The molecule has 5 heteroatoms. The van der Waals surface area contributed by atoms with Crippen LogP contribution in [0.3, 0.4) is 0 Å². The van der Waals surface area contributed by atoms with Crippen LogP contribution in [0.4, 0.5) is 0 Å². The quantitative estimate of drug-likeness (QED) is 0.776. The fourth-order valence-electron chi connectivity index (χ4n) is 1.96. The van der Waals surface area contributed by atoms with E-state index in [1.54, 1.807) is 0 Å². The van der Waals surface area contributed by atoms with Crippen molar-refractivity contribution in [3.63, 3.8) is 0 Å². The first-order chi connectivity index (χ1) is 9.74. The zero-order valence-electron chi connectivity index (χ0n) is 10.6. The van der Waals surface area contributed by atoms with E-state index in [-0.39, 0.29) is 6.04 Å². The monoisotopic (exact) mass is 284 g/mol. The molecule has 3 rings (SSSR count). The van der Waals surface area contributed by atoms with Crippen LogP contribution in [-0.2, 0) is 0 Å². The van der Waals surface area contributed by atoms with E-state index in [9.17, 15) is 0 Å². The van der Waals surface area contributed by atoms with Gasteiger partial charge in [-0.05, 0) is 17.7 Å². The highest BCUT2D eigenvalue weighted by molar-refractivity contribution is 6.30. The van der Waals surface area contributed by atoms with Gasteiger partial charge in [0, 0.05) is 10.6 Å². The van der Waals surface area contributed by atoms with Gasteiger partial charge in [-0.15, -0.1) is 0 Å². The highest BCUT2D eigenvalue weighted by Gasteiger charge is 2.14. The lowest BCUT2D eigenvalue weighted by Gasteiger charge is -2.08. The zero-order chi connectivity index (χ0) is 13.9. The normalized spacial score (nSPS) is 12.3. The first-order valence-corrected chi connectivity index (χ1v) is 6.60. The largest absolute Gasteiger partial charge is 0.318 e. The Morgan fingerprint density at radius 2 is 1.70 bits per heavy atom.